The van der Waals surface area contributed by atoms with Crippen molar-refractivity contribution in [2.24, 2.45) is 0 Å². The van der Waals surface area contributed by atoms with Crippen LogP contribution in [0.25, 0.3) is 0 Å². The minimum atomic E-state index is -0.239. The lowest BCUT2D eigenvalue weighted by Crippen LogP contribution is -2.30. The molecule has 0 atom stereocenters. The zero-order valence-corrected chi connectivity index (χ0v) is 19.0. The van der Waals surface area contributed by atoms with E-state index in [-0.39, 0.29) is 5.82 Å². The normalized spacial score (nSPS) is 10.6. The van der Waals surface area contributed by atoms with Crippen molar-refractivity contribution in [1.82, 2.24) is 15.1 Å². The summed E-state index contributed by atoms with van der Waals surface area (Å²) in [6, 6.07) is 12.6. The third-order valence-electron chi connectivity index (χ3n) is 5.05. The molecule has 0 saturated carbocycles. The Balaban J connectivity index is 1.58. The topological polar surface area (TPSA) is 60.3 Å². The third kappa shape index (κ3) is 5.52. The minimum absolute atomic E-state index is 0.239. The summed E-state index contributed by atoms with van der Waals surface area (Å²) in [6.07, 6.45) is 0.771. The van der Waals surface area contributed by atoms with Crippen molar-refractivity contribution in [1.29, 1.82) is 0 Å². The molecule has 8 heteroatoms. The highest BCUT2D eigenvalue weighted by Gasteiger charge is 2.14. The number of hydrogen-bond acceptors (Lipinski definition) is 4. The Kier molecular flexibility index (Phi) is 7.46. The number of benzene rings is 2. The fourth-order valence-electron chi connectivity index (χ4n) is 3.33. The van der Waals surface area contributed by atoms with E-state index in [1.807, 2.05) is 38.1 Å². The van der Waals surface area contributed by atoms with Crippen LogP contribution < -0.4 is 20.1 Å². The second kappa shape index (κ2) is 10.3. The van der Waals surface area contributed by atoms with Crippen molar-refractivity contribution < 1.29 is 13.9 Å². The van der Waals surface area contributed by atoms with Crippen LogP contribution in [0.15, 0.2) is 42.5 Å². The summed E-state index contributed by atoms with van der Waals surface area (Å²) in [4.78, 5) is 0. The number of anilines is 1. The van der Waals surface area contributed by atoms with Gasteiger partial charge in [-0.1, -0.05) is 24.3 Å². The van der Waals surface area contributed by atoms with Gasteiger partial charge in [-0.25, -0.2) is 4.39 Å². The molecule has 0 aliphatic heterocycles. The van der Waals surface area contributed by atoms with E-state index in [2.05, 4.69) is 15.7 Å². The average Bonchev–Trinajstić information content (AvgIpc) is 3.02. The molecule has 0 radical (unpaired) electrons. The molecule has 0 aliphatic carbocycles. The van der Waals surface area contributed by atoms with Crippen LogP contribution in [0.3, 0.4) is 0 Å². The number of ether oxygens (including phenoxy) is 2. The number of thiocarbonyl (C=S) groups is 1. The maximum absolute atomic E-state index is 14.0. The first-order valence-corrected chi connectivity index (χ1v) is 10.4. The van der Waals surface area contributed by atoms with Gasteiger partial charge < -0.3 is 20.1 Å². The molecule has 6 nitrogen and oxygen atoms in total. The smallest absolute Gasteiger partial charge is 0.170 e. The van der Waals surface area contributed by atoms with Crippen LogP contribution in [0.4, 0.5) is 10.1 Å². The molecule has 3 rings (SSSR count). The molecule has 3 aromatic rings. The average molecular weight is 443 g/mol. The monoisotopic (exact) mass is 442 g/mol. The number of hydrogen-bond donors (Lipinski definition) is 2. The highest BCUT2D eigenvalue weighted by atomic mass is 32.1. The van der Waals surface area contributed by atoms with Crippen molar-refractivity contribution in [2.75, 3.05) is 26.1 Å². The minimum Gasteiger partial charge on any atom is -0.493 e. The second-order valence-electron chi connectivity index (χ2n) is 7.12. The molecule has 0 amide bonds. The molecule has 1 aromatic heterocycles. The summed E-state index contributed by atoms with van der Waals surface area (Å²) < 4.78 is 26.4. The highest BCUT2D eigenvalue weighted by Crippen LogP contribution is 2.27. The fraction of sp³-hybridized carbons (Fsp3) is 0.304. The second-order valence-corrected chi connectivity index (χ2v) is 7.52. The molecule has 0 bridgehead atoms. The van der Waals surface area contributed by atoms with Crippen LogP contribution >= 0.6 is 12.2 Å². The summed E-state index contributed by atoms with van der Waals surface area (Å²) in [6.45, 7) is 4.86. The number of halogens is 1. The van der Waals surface area contributed by atoms with E-state index in [1.54, 1.807) is 31.0 Å². The van der Waals surface area contributed by atoms with Gasteiger partial charge in [0, 0.05) is 12.1 Å². The van der Waals surface area contributed by atoms with E-state index in [0.29, 0.717) is 35.3 Å². The van der Waals surface area contributed by atoms with Crippen molar-refractivity contribution in [3.8, 4) is 11.5 Å². The van der Waals surface area contributed by atoms with Crippen LogP contribution in [0.5, 0.6) is 11.5 Å². The van der Waals surface area contributed by atoms with Gasteiger partial charge in [0.2, 0.25) is 0 Å². The molecule has 0 spiro atoms. The number of nitrogens with one attached hydrogen (secondary N) is 2. The van der Waals surface area contributed by atoms with Gasteiger partial charge in [-0.05, 0) is 56.2 Å². The van der Waals surface area contributed by atoms with E-state index >= 15 is 0 Å². The van der Waals surface area contributed by atoms with Gasteiger partial charge in [0.05, 0.1) is 37.8 Å². The number of aromatic nitrogens is 2. The molecule has 0 unspecified atom stereocenters. The first-order valence-electron chi connectivity index (χ1n) is 9.96. The van der Waals surface area contributed by atoms with Crippen LogP contribution in [0.1, 0.15) is 22.5 Å². The van der Waals surface area contributed by atoms with Gasteiger partial charge in [-0.2, -0.15) is 5.10 Å². The first-order chi connectivity index (χ1) is 14.9. The van der Waals surface area contributed by atoms with Crippen LogP contribution in [-0.2, 0) is 13.0 Å². The zero-order chi connectivity index (χ0) is 22.4. The van der Waals surface area contributed by atoms with Crippen LogP contribution in [0, 0.1) is 19.7 Å². The summed E-state index contributed by atoms with van der Waals surface area (Å²) in [5.74, 6) is 1.17. The van der Waals surface area contributed by atoms with E-state index in [9.17, 15) is 4.39 Å². The lowest BCUT2D eigenvalue weighted by atomic mass is 10.1. The van der Waals surface area contributed by atoms with E-state index in [0.717, 1.165) is 29.1 Å². The number of rotatable bonds is 8. The molecule has 1 heterocycles. The zero-order valence-electron chi connectivity index (χ0n) is 18.2. The Labute approximate surface area is 187 Å². The van der Waals surface area contributed by atoms with E-state index in [4.69, 9.17) is 21.7 Å². The Bertz CT molecular complexity index is 1070. The standard InChI is InChI=1S/C23H27FN4O2S/c1-15-22(16(2)28(27-15)14-18-7-5-6-8-19(18)24)26-23(31)25-12-11-17-9-10-20(29-3)21(13-17)30-4/h5-10,13H,11-12,14H2,1-4H3,(H2,25,26,31). The lowest BCUT2D eigenvalue weighted by Gasteiger charge is -2.12. The van der Waals surface area contributed by atoms with Gasteiger partial charge in [-0.15, -0.1) is 0 Å². The Morgan fingerprint density at radius 2 is 1.84 bits per heavy atom. The molecule has 0 fully saturated rings. The fourth-order valence-corrected chi connectivity index (χ4v) is 3.54. The maximum atomic E-state index is 14.0. The third-order valence-corrected chi connectivity index (χ3v) is 5.29. The molecular weight excluding hydrogens is 415 g/mol. The van der Waals surface area contributed by atoms with Crippen molar-refractivity contribution >= 4 is 23.0 Å². The maximum Gasteiger partial charge on any atom is 0.170 e. The van der Waals surface area contributed by atoms with Crippen LogP contribution in [0.2, 0.25) is 0 Å². The quantitative estimate of drug-likeness (QED) is 0.509. The van der Waals surface area contributed by atoms with Crippen molar-refractivity contribution in [2.45, 2.75) is 26.8 Å². The van der Waals surface area contributed by atoms with Gasteiger partial charge in [-0.3, -0.25) is 4.68 Å². The number of methoxy groups -OCH3 is 2. The molecule has 0 saturated heterocycles. The number of aryl methyl sites for hydroxylation is 1. The molecule has 2 N–H and O–H groups in total. The predicted molar refractivity (Wildman–Crippen MR) is 125 cm³/mol. The summed E-state index contributed by atoms with van der Waals surface area (Å²) in [5, 5.41) is 11.5. The van der Waals surface area contributed by atoms with Gasteiger partial charge in [0.1, 0.15) is 5.82 Å². The van der Waals surface area contributed by atoms with Gasteiger partial charge in [0.25, 0.3) is 0 Å². The van der Waals surface area contributed by atoms with Crippen molar-refractivity contribution in [3.63, 3.8) is 0 Å². The SMILES string of the molecule is COc1ccc(CCNC(=S)Nc2c(C)nn(Cc3ccccc3F)c2C)cc1OC. The molecule has 31 heavy (non-hydrogen) atoms. The van der Waals surface area contributed by atoms with E-state index in [1.165, 1.54) is 6.07 Å². The summed E-state index contributed by atoms with van der Waals surface area (Å²) >= 11 is 5.45. The van der Waals surface area contributed by atoms with Gasteiger partial charge in [0.15, 0.2) is 16.6 Å². The van der Waals surface area contributed by atoms with Gasteiger partial charge >= 0.3 is 0 Å². The first kappa shape index (κ1) is 22.6. The molecule has 0 aliphatic rings. The lowest BCUT2D eigenvalue weighted by molar-refractivity contribution is 0.354. The Hall–Kier alpha value is -3.13. The predicted octanol–water partition coefficient (Wildman–Crippen LogP) is 4.23. The number of nitrogens with zero attached hydrogens (tertiary/aromatic N) is 2. The van der Waals surface area contributed by atoms with Crippen molar-refractivity contribution in [3.05, 3.63) is 70.8 Å². The molecule has 2 aromatic carbocycles. The van der Waals surface area contributed by atoms with E-state index < -0.39 is 0 Å². The Morgan fingerprint density at radius 1 is 1.10 bits per heavy atom. The molecule has 164 valence electrons. The summed E-state index contributed by atoms with van der Waals surface area (Å²) in [5.41, 5.74) is 4.23. The summed E-state index contributed by atoms with van der Waals surface area (Å²) in [7, 11) is 3.24. The molecular formula is C23H27FN4O2S. The Morgan fingerprint density at radius 3 is 2.55 bits per heavy atom. The van der Waals surface area contributed by atoms with Crippen LogP contribution in [-0.4, -0.2) is 35.7 Å². The highest BCUT2D eigenvalue weighted by molar-refractivity contribution is 7.80. The largest absolute Gasteiger partial charge is 0.493 e.